The van der Waals surface area contributed by atoms with E-state index in [2.05, 4.69) is 15.4 Å². The van der Waals surface area contributed by atoms with Crippen LogP contribution in [-0.2, 0) is 14.6 Å². The van der Waals surface area contributed by atoms with Crippen LogP contribution in [0.1, 0.15) is 51.0 Å². The van der Waals surface area contributed by atoms with Gasteiger partial charge in [0.2, 0.25) is 0 Å². The molecule has 4 rings (SSSR count). The number of halogens is 1. The van der Waals surface area contributed by atoms with E-state index in [0.717, 1.165) is 12.8 Å². The van der Waals surface area contributed by atoms with Gasteiger partial charge in [-0.15, -0.1) is 0 Å². The van der Waals surface area contributed by atoms with Crippen molar-refractivity contribution in [3.8, 4) is 0 Å². The van der Waals surface area contributed by atoms with E-state index in [1.165, 1.54) is 47.5 Å². The Morgan fingerprint density at radius 2 is 2.04 bits per heavy atom. The van der Waals surface area contributed by atoms with Gasteiger partial charge in [-0.25, -0.2) is 13.4 Å². The highest BCUT2D eigenvalue weighted by molar-refractivity contribution is 7.92. The number of thiazole rings is 1. The molecule has 0 unspecified atom stereocenters. The van der Waals surface area contributed by atoms with Crippen molar-refractivity contribution in [2.45, 2.75) is 61.1 Å². The Bertz CT molecular complexity index is 930. The second kappa shape index (κ2) is 7.52. The minimum absolute atomic E-state index is 0.200. The summed E-state index contributed by atoms with van der Waals surface area (Å²) in [7, 11) is -3.33. The van der Waals surface area contributed by atoms with Crippen LogP contribution in [-0.4, -0.2) is 34.3 Å². The number of nitrogens with one attached hydrogen (secondary N) is 1. The molecule has 0 bridgehead atoms. The fourth-order valence-corrected chi connectivity index (χ4v) is 6.01. The van der Waals surface area contributed by atoms with Gasteiger partial charge in [-0.3, -0.25) is 9.48 Å². The third-order valence-electron chi connectivity index (χ3n) is 5.23. The number of carbonyl (C=O) groups excluding carboxylic acids is 1. The minimum atomic E-state index is -3.33. The number of hydrogen-bond acceptors (Lipinski definition) is 6. The van der Waals surface area contributed by atoms with Crippen molar-refractivity contribution in [1.29, 1.82) is 0 Å². The molecular weight excluding hydrogens is 408 g/mol. The Morgan fingerprint density at radius 1 is 1.30 bits per heavy atom. The van der Waals surface area contributed by atoms with Crippen LogP contribution in [0.5, 0.6) is 0 Å². The molecule has 0 saturated heterocycles. The Morgan fingerprint density at radius 3 is 2.67 bits per heavy atom. The molecule has 1 amide bonds. The molecule has 1 N–H and O–H groups in total. The van der Waals surface area contributed by atoms with Gasteiger partial charge in [-0.2, -0.15) is 5.10 Å². The summed E-state index contributed by atoms with van der Waals surface area (Å²) in [5, 5.41) is 7.16. The summed E-state index contributed by atoms with van der Waals surface area (Å²) in [5.74, 6) is 0.194. The highest BCUT2D eigenvalue weighted by Crippen LogP contribution is 2.35. The zero-order valence-corrected chi connectivity index (χ0v) is 17.1. The van der Waals surface area contributed by atoms with Crippen molar-refractivity contribution in [1.82, 2.24) is 14.8 Å². The van der Waals surface area contributed by atoms with E-state index < -0.39 is 15.9 Å². The number of carbonyl (C=O) groups is 1. The van der Waals surface area contributed by atoms with Gasteiger partial charge >= 0.3 is 0 Å². The van der Waals surface area contributed by atoms with Crippen molar-refractivity contribution in [2.24, 2.45) is 5.92 Å². The second-order valence-electron chi connectivity index (χ2n) is 7.26. The molecule has 10 heteroatoms. The summed E-state index contributed by atoms with van der Waals surface area (Å²) in [6, 6.07) is -0.570. The molecule has 0 radical (unpaired) electrons. The zero-order chi connectivity index (χ0) is 19.0. The van der Waals surface area contributed by atoms with Crippen molar-refractivity contribution in [2.75, 3.05) is 5.32 Å². The molecule has 1 atom stereocenters. The molecular formula is C17H21ClN4O3S2. The van der Waals surface area contributed by atoms with Gasteiger partial charge in [0.1, 0.15) is 15.3 Å². The number of anilines is 1. The first-order chi connectivity index (χ1) is 12.9. The Kier molecular flexibility index (Phi) is 5.26. The van der Waals surface area contributed by atoms with Gasteiger partial charge < -0.3 is 5.32 Å². The topological polar surface area (TPSA) is 94.0 Å². The summed E-state index contributed by atoms with van der Waals surface area (Å²) in [5.41, 5.74) is 0. The zero-order valence-electron chi connectivity index (χ0n) is 14.7. The highest BCUT2D eigenvalue weighted by atomic mass is 35.5. The largest absolute Gasteiger partial charge is 0.300 e. The first-order valence-electron chi connectivity index (χ1n) is 9.14. The van der Waals surface area contributed by atoms with Crippen LogP contribution in [0.25, 0.3) is 0 Å². The van der Waals surface area contributed by atoms with Gasteiger partial charge in [0.25, 0.3) is 5.91 Å². The van der Waals surface area contributed by atoms with Crippen LogP contribution in [0.15, 0.2) is 23.5 Å². The fraction of sp³-hybridized carbons (Fsp3) is 0.588. The van der Waals surface area contributed by atoms with Crippen molar-refractivity contribution >= 4 is 43.8 Å². The van der Waals surface area contributed by atoms with E-state index in [1.54, 1.807) is 0 Å². The molecule has 2 saturated carbocycles. The molecule has 0 aliphatic heterocycles. The van der Waals surface area contributed by atoms with Gasteiger partial charge in [0.05, 0.1) is 17.6 Å². The van der Waals surface area contributed by atoms with Crippen molar-refractivity contribution in [3.63, 3.8) is 0 Å². The molecule has 2 aliphatic rings. The lowest BCUT2D eigenvalue weighted by Crippen LogP contribution is -2.28. The van der Waals surface area contributed by atoms with E-state index in [0.29, 0.717) is 34.6 Å². The monoisotopic (exact) mass is 428 g/mol. The second-order valence-corrected chi connectivity index (χ2v) is 11.2. The van der Waals surface area contributed by atoms with E-state index in [9.17, 15) is 13.2 Å². The fourth-order valence-electron chi connectivity index (χ4n) is 3.61. The standard InChI is InChI=1S/C17H21ClN4O3S2/c18-15-9-19-17(26-15)21-16(23)14(7-11-3-1-2-4-11)22-10-13(8-20-22)27(24,25)12-5-6-12/h8-12,14H,1-7H2,(H,19,21,23)/t14-/m1/s1. The van der Waals surface area contributed by atoms with Gasteiger partial charge in [-0.1, -0.05) is 48.6 Å². The molecule has 146 valence electrons. The van der Waals surface area contributed by atoms with E-state index in [4.69, 9.17) is 11.6 Å². The minimum Gasteiger partial charge on any atom is -0.300 e. The lowest BCUT2D eigenvalue weighted by atomic mass is 9.98. The van der Waals surface area contributed by atoms with Gasteiger partial charge in [-0.05, 0) is 25.2 Å². The highest BCUT2D eigenvalue weighted by Gasteiger charge is 2.38. The molecule has 2 heterocycles. The summed E-state index contributed by atoms with van der Waals surface area (Å²) >= 11 is 7.08. The summed E-state index contributed by atoms with van der Waals surface area (Å²) in [6.45, 7) is 0. The maximum Gasteiger partial charge on any atom is 0.251 e. The van der Waals surface area contributed by atoms with Crippen LogP contribution in [0.3, 0.4) is 0 Å². The number of rotatable bonds is 7. The predicted octanol–water partition coefficient (Wildman–Crippen LogP) is 3.69. The molecule has 2 fully saturated rings. The van der Waals surface area contributed by atoms with Crippen molar-refractivity contribution < 1.29 is 13.2 Å². The average Bonchev–Trinajstić information content (AvgIpc) is 3.01. The van der Waals surface area contributed by atoms with E-state index in [1.807, 2.05) is 0 Å². The number of aromatic nitrogens is 3. The van der Waals surface area contributed by atoms with E-state index in [-0.39, 0.29) is 16.1 Å². The SMILES string of the molecule is O=C(Nc1ncc(Cl)s1)[C@@H](CC1CCCC1)n1cc(S(=O)(=O)C2CC2)cn1. The van der Waals surface area contributed by atoms with Crippen LogP contribution in [0, 0.1) is 5.92 Å². The number of sulfone groups is 1. The smallest absolute Gasteiger partial charge is 0.251 e. The molecule has 0 aromatic carbocycles. The first-order valence-corrected chi connectivity index (χ1v) is 11.9. The Balaban J connectivity index is 1.57. The number of hydrogen-bond donors (Lipinski definition) is 1. The Labute approximate surface area is 167 Å². The molecule has 0 spiro atoms. The number of amides is 1. The third-order valence-corrected chi connectivity index (χ3v) is 8.48. The van der Waals surface area contributed by atoms with Crippen LogP contribution < -0.4 is 5.32 Å². The molecule has 2 aromatic rings. The van der Waals surface area contributed by atoms with Gasteiger partial charge in [0, 0.05) is 6.20 Å². The first kappa shape index (κ1) is 18.9. The van der Waals surface area contributed by atoms with Crippen molar-refractivity contribution in [3.05, 3.63) is 22.9 Å². The average molecular weight is 429 g/mol. The van der Waals surface area contributed by atoms with Crippen LogP contribution in [0.2, 0.25) is 4.34 Å². The quantitative estimate of drug-likeness (QED) is 0.725. The predicted molar refractivity (Wildman–Crippen MR) is 104 cm³/mol. The maximum atomic E-state index is 12.9. The summed E-state index contributed by atoms with van der Waals surface area (Å²) in [4.78, 5) is 17.2. The molecule has 27 heavy (non-hydrogen) atoms. The number of nitrogens with zero attached hydrogens (tertiary/aromatic N) is 3. The maximum absolute atomic E-state index is 12.9. The third kappa shape index (κ3) is 4.20. The summed E-state index contributed by atoms with van der Waals surface area (Å²) in [6.07, 6.45) is 10.9. The lowest BCUT2D eigenvalue weighted by Gasteiger charge is -2.20. The molecule has 7 nitrogen and oxygen atoms in total. The lowest BCUT2D eigenvalue weighted by molar-refractivity contribution is -0.120. The molecule has 2 aliphatic carbocycles. The van der Waals surface area contributed by atoms with Gasteiger partial charge in [0.15, 0.2) is 15.0 Å². The van der Waals surface area contributed by atoms with Crippen LogP contribution in [0.4, 0.5) is 5.13 Å². The Hall–Kier alpha value is -1.45. The summed E-state index contributed by atoms with van der Waals surface area (Å²) < 4.78 is 26.9. The van der Waals surface area contributed by atoms with Crippen LogP contribution >= 0.6 is 22.9 Å². The van der Waals surface area contributed by atoms with E-state index >= 15 is 0 Å². The normalized spacial score (nSPS) is 19.3. The molecule has 2 aromatic heterocycles.